The molecule has 0 atom stereocenters. The van der Waals surface area contributed by atoms with Gasteiger partial charge in [0.05, 0.1) is 0 Å². The number of pyridine rings is 1. The lowest BCUT2D eigenvalue weighted by molar-refractivity contribution is 0.630. The van der Waals surface area contributed by atoms with Gasteiger partial charge in [0, 0.05) is 30.4 Å². The van der Waals surface area contributed by atoms with E-state index in [4.69, 9.17) is 0 Å². The van der Waals surface area contributed by atoms with E-state index in [9.17, 15) is 9.18 Å². The summed E-state index contributed by atoms with van der Waals surface area (Å²) >= 11 is 0. The number of hydrogen-bond donors (Lipinski definition) is 0. The molecule has 0 N–H and O–H groups in total. The fourth-order valence-corrected chi connectivity index (χ4v) is 1.61. The van der Waals surface area contributed by atoms with Gasteiger partial charge >= 0.3 is 0 Å². The van der Waals surface area contributed by atoms with Gasteiger partial charge in [0.25, 0.3) is 0 Å². The molecule has 0 amide bonds. The van der Waals surface area contributed by atoms with Crippen molar-refractivity contribution in [1.82, 2.24) is 4.57 Å². The molecular formula is C13H12FNO. The van der Waals surface area contributed by atoms with Gasteiger partial charge in [0.15, 0.2) is 0 Å². The lowest BCUT2D eigenvalue weighted by Crippen LogP contribution is -2.14. The molecule has 0 aliphatic carbocycles. The van der Waals surface area contributed by atoms with Crippen LogP contribution in [0.3, 0.4) is 0 Å². The molecule has 0 saturated carbocycles. The largest absolute Gasteiger partial charge is 0.318 e. The lowest BCUT2D eigenvalue weighted by atomic mass is 10.1. The van der Waals surface area contributed by atoms with E-state index in [0.29, 0.717) is 11.1 Å². The van der Waals surface area contributed by atoms with Crippen molar-refractivity contribution in [3.8, 4) is 11.1 Å². The quantitative estimate of drug-likeness (QED) is 0.719. The number of nitrogens with zero attached hydrogens (tertiary/aromatic N) is 1. The van der Waals surface area contributed by atoms with Crippen molar-refractivity contribution in [2.45, 2.75) is 6.92 Å². The number of halogens is 1. The third-order valence-electron chi connectivity index (χ3n) is 2.52. The van der Waals surface area contributed by atoms with Crippen LogP contribution in [0.15, 0.2) is 41.3 Å². The third kappa shape index (κ3) is 1.89. The molecule has 0 aliphatic rings. The Hall–Kier alpha value is -1.90. The molecule has 3 heteroatoms. The van der Waals surface area contributed by atoms with Gasteiger partial charge in [-0.05, 0) is 24.6 Å². The summed E-state index contributed by atoms with van der Waals surface area (Å²) < 4.78 is 15.1. The van der Waals surface area contributed by atoms with Crippen molar-refractivity contribution < 1.29 is 4.39 Å². The molecule has 2 aromatic rings. The topological polar surface area (TPSA) is 22.0 Å². The van der Waals surface area contributed by atoms with Crippen LogP contribution in [0, 0.1) is 12.7 Å². The highest BCUT2D eigenvalue weighted by Gasteiger charge is 2.05. The van der Waals surface area contributed by atoms with Crippen LogP contribution in [0.5, 0.6) is 0 Å². The van der Waals surface area contributed by atoms with Crippen LogP contribution in [-0.2, 0) is 7.05 Å². The molecule has 0 unspecified atom stereocenters. The fraction of sp³-hybridized carbons (Fsp3) is 0.154. The first-order valence-electron chi connectivity index (χ1n) is 5.01. The van der Waals surface area contributed by atoms with Crippen LogP contribution in [-0.4, -0.2) is 4.57 Å². The standard InChI is InChI=1S/C13H12FNO/c1-9-3-5-11(12(14)7-9)10-4-6-13(16)15(2)8-10/h3-8H,1-2H3. The molecular weight excluding hydrogens is 205 g/mol. The Labute approximate surface area is 93.0 Å². The number of rotatable bonds is 1. The first kappa shape index (κ1) is 10.6. The molecule has 1 aromatic carbocycles. The van der Waals surface area contributed by atoms with Crippen LogP contribution < -0.4 is 5.56 Å². The lowest BCUT2D eigenvalue weighted by Gasteiger charge is -2.05. The number of aryl methyl sites for hydroxylation is 2. The summed E-state index contributed by atoms with van der Waals surface area (Å²) in [5.74, 6) is -0.265. The number of hydrogen-bond acceptors (Lipinski definition) is 1. The van der Waals surface area contributed by atoms with E-state index >= 15 is 0 Å². The van der Waals surface area contributed by atoms with Gasteiger partial charge in [-0.1, -0.05) is 12.1 Å². The molecule has 82 valence electrons. The zero-order valence-electron chi connectivity index (χ0n) is 9.20. The summed E-state index contributed by atoms with van der Waals surface area (Å²) in [4.78, 5) is 11.2. The Morgan fingerprint density at radius 1 is 1.19 bits per heavy atom. The second kappa shape index (κ2) is 3.93. The van der Waals surface area contributed by atoms with Crippen LogP contribution >= 0.6 is 0 Å². The van der Waals surface area contributed by atoms with Crippen LogP contribution in [0.4, 0.5) is 4.39 Å². The van der Waals surface area contributed by atoms with Gasteiger partial charge in [0.1, 0.15) is 5.82 Å². The molecule has 1 aromatic heterocycles. The van der Waals surface area contributed by atoms with Crippen molar-refractivity contribution in [2.24, 2.45) is 7.05 Å². The van der Waals surface area contributed by atoms with E-state index in [1.165, 1.54) is 16.7 Å². The Morgan fingerprint density at radius 2 is 1.94 bits per heavy atom. The highest BCUT2D eigenvalue weighted by molar-refractivity contribution is 5.63. The molecule has 16 heavy (non-hydrogen) atoms. The van der Waals surface area contributed by atoms with E-state index in [2.05, 4.69) is 0 Å². The zero-order chi connectivity index (χ0) is 11.7. The van der Waals surface area contributed by atoms with E-state index in [0.717, 1.165) is 5.56 Å². The molecule has 2 rings (SSSR count). The van der Waals surface area contributed by atoms with Gasteiger partial charge < -0.3 is 4.57 Å². The number of benzene rings is 1. The molecule has 1 heterocycles. The highest BCUT2D eigenvalue weighted by atomic mass is 19.1. The van der Waals surface area contributed by atoms with Gasteiger partial charge in [-0.3, -0.25) is 4.79 Å². The normalized spacial score (nSPS) is 10.4. The summed E-state index contributed by atoms with van der Waals surface area (Å²) in [6, 6.07) is 8.14. The smallest absolute Gasteiger partial charge is 0.250 e. The van der Waals surface area contributed by atoms with Crippen molar-refractivity contribution in [3.63, 3.8) is 0 Å². The Balaban J connectivity index is 2.59. The maximum absolute atomic E-state index is 13.7. The Bertz CT molecular complexity index is 587. The molecule has 0 aliphatic heterocycles. The van der Waals surface area contributed by atoms with Gasteiger partial charge in [-0.15, -0.1) is 0 Å². The maximum Gasteiger partial charge on any atom is 0.250 e. The van der Waals surface area contributed by atoms with Crippen LogP contribution in [0.1, 0.15) is 5.56 Å². The molecule has 2 nitrogen and oxygen atoms in total. The molecule has 0 spiro atoms. The average Bonchev–Trinajstić information content (AvgIpc) is 2.22. The average molecular weight is 217 g/mol. The molecule has 0 fully saturated rings. The molecule has 0 saturated heterocycles. The van der Waals surface area contributed by atoms with Crippen LogP contribution in [0.2, 0.25) is 0 Å². The second-order valence-electron chi connectivity index (χ2n) is 3.85. The molecule has 0 radical (unpaired) electrons. The first-order valence-corrected chi connectivity index (χ1v) is 5.01. The van der Waals surface area contributed by atoms with Crippen molar-refractivity contribution in [1.29, 1.82) is 0 Å². The predicted molar refractivity (Wildman–Crippen MR) is 61.8 cm³/mol. The second-order valence-corrected chi connectivity index (χ2v) is 3.85. The van der Waals surface area contributed by atoms with Crippen molar-refractivity contribution in [3.05, 3.63) is 58.3 Å². The fourth-order valence-electron chi connectivity index (χ4n) is 1.61. The van der Waals surface area contributed by atoms with Gasteiger partial charge in [0.2, 0.25) is 5.56 Å². The van der Waals surface area contributed by atoms with Crippen LogP contribution in [0.25, 0.3) is 11.1 Å². The van der Waals surface area contributed by atoms with E-state index in [1.54, 1.807) is 25.4 Å². The van der Waals surface area contributed by atoms with Crippen molar-refractivity contribution >= 4 is 0 Å². The minimum atomic E-state index is -0.265. The summed E-state index contributed by atoms with van der Waals surface area (Å²) in [5, 5.41) is 0. The third-order valence-corrected chi connectivity index (χ3v) is 2.52. The zero-order valence-corrected chi connectivity index (χ0v) is 9.20. The van der Waals surface area contributed by atoms with Gasteiger partial charge in [-0.25, -0.2) is 4.39 Å². The Kier molecular flexibility index (Phi) is 2.60. The summed E-state index contributed by atoms with van der Waals surface area (Å²) in [5.41, 5.74) is 2.00. The maximum atomic E-state index is 13.7. The summed E-state index contributed by atoms with van der Waals surface area (Å²) in [6.45, 7) is 1.84. The van der Waals surface area contributed by atoms with E-state index in [-0.39, 0.29) is 11.4 Å². The SMILES string of the molecule is Cc1ccc(-c2ccc(=O)n(C)c2)c(F)c1. The minimum Gasteiger partial charge on any atom is -0.318 e. The first-order chi connectivity index (χ1) is 7.58. The minimum absolute atomic E-state index is 0.101. The van der Waals surface area contributed by atoms with Gasteiger partial charge in [-0.2, -0.15) is 0 Å². The molecule has 0 bridgehead atoms. The van der Waals surface area contributed by atoms with E-state index < -0.39 is 0 Å². The Morgan fingerprint density at radius 3 is 2.56 bits per heavy atom. The number of aromatic nitrogens is 1. The van der Waals surface area contributed by atoms with Crippen molar-refractivity contribution in [2.75, 3.05) is 0 Å². The van der Waals surface area contributed by atoms with E-state index in [1.807, 2.05) is 13.0 Å². The predicted octanol–water partition coefficient (Wildman–Crippen LogP) is 2.50. The monoisotopic (exact) mass is 217 g/mol. The highest BCUT2D eigenvalue weighted by Crippen LogP contribution is 2.22. The summed E-state index contributed by atoms with van der Waals surface area (Å²) in [6.07, 6.45) is 1.64. The summed E-state index contributed by atoms with van der Waals surface area (Å²) in [7, 11) is 1.65.